The fourth-order valence-corrected chi connectivity index (χ4v) is 9.84. The lowest BCUT2D eigenvalue weighted by molar-refractivity contribution is 0.415. The van der Waals surface area contributed by atoms with Gasteiger partial charge in [-0.1, -0.05) is 103 Å². The summed E-state index contributed by atoms with van der Waals surface area (Å²) in [6.45, 7) is 0.821. The zero-order chi connectivity index (χ0) is 23.0. The highest BCUT2D eigenvalue weighted by molar-refractivity contribution is 8.05. The highest BCUT2D eigenvalue weighted by Crippen LogP contribution is 2.68. The van der Waals surface area contributed by atoms with Crippen molar-refractivity contribution in [3.63, 3.8) is 0 Å². The molecule has 0 amide bonds. The van der Waals surface area contributed by atoms with E-state index in [1.165, 1.54) is 11.1 Å². The van der Waals surface area contributed by atoms with Gasteiger partial charge in [0.15, 0.2) is 5.11 Å². The van der Waals surface area contributed by atoms with E-state index in [1.807, 2.05) is 54.2 Å². The Hall–Kier alpha value is -1.60. The number of benzene rings is 3. The molecule has 1 aliphatic rings. The van der Waals surface area contributed by atoms with Gasteiger partial charge in [-0.25, -0.2) is 8.15 Å². The van der Waals surface area contributed by atoms with E-state index >= 15 is 0 Å². The molecule has 1 saturated heterocycles. The molecule has 8 heteroatoms. The molecule has 4 rings (SSSR count). The zero-order valence-electron chi connectivity index (χ0n) is 18.8. The molecule has 33 heavy (non-hydrogen) atoms. The fourth-order valence-electron chi connectivity index (χ4n) is 4.11. The molecule has 0 saturated carbocycles. The second-order valence-corrected chi connectivity index (χ2v) is 12.0. The minimum atomic E-state index is -0.545. The van der Waals surface area contributed by atoms with E-state index in [0.29, 0.717) is 5.11 Å². The van der Waals surface area contributed by atoms with E-state index in [0.717, 1.165) is 18.4 Å². The maximum Gasteiger partial charge on any atom is 0.170 e. The van der Waals surface area contributed by atoms with Gasteiger partial charge in [0, 0.05) is 18.4 Å². The van der Waals surface area contributed by atoms with Crippen molar-refractivity contribution < 1.29 is 0 Å². The van der Waals surface area contributed by atoms with E-state index in [-0.39, 0.29) is 12.1 Å². The summed E-state index contributed by atoms with van der Waals surface area (Å²) in [5.74, 6) is 0. The molecular formula is C25H29N4PS3. The van der Waals surface area contributed by atoms with Crippen LogP contribution < -0.4 is 10.6 Å². The molecule has 1 aliphatic heterocycles. The van der Waals surface area contributed by atoms with Crippen LogP contribution in [0.1, 0.15) is 23.2 Å². The van der Waals surface area contributed by atoms with Crippen molar-refractivity contribution in [2.24, 2.45) is 0 Å². The number of thiocarbonyl (C=S) groups is 1. The molecule has 0 aromatic heterocycles. The minimum absolute atomic E-state index is 0.288. The van der Waals surface area contributed by atoms with Gasteiger partial charge in [-0.3, -0.25) is 0 Å². The van der Waals surface area contributed by atoms with Crippen LogP contribution in [0, 0.1) is 0 Å². The molecule has 172 valence electrons. The van der Waals surface area contributed by atoms with Crippen molar-refractivity contribution >= 4 is 55.1 Å². The predicted octanol–water partition coefficient (Wildman–Crippen LogP) is 6.94. The van der Waals surface area contributed by atoms with Gasteiger partial charge in [0.2, 0.25) is 0 Å². The van der Waals surface area contributed by atoms with Crippen molar-refractivity contribution in [1.29, 1.82) is 0 Å². The maximum atomic E-state index is 5.54. The van der Waals surface area contributed by atoms with Crippen LogP contribution in [-0.2, 0) is 0 Å². The molecule has 4 nitrogen and oxygen atoms in total. The number of anilines is 1. The summed E-state index contributed by atoms with van der Waals surface area (Å²) in [5, 5.41) is 7.37. The van der Waals surface area contributed by atoms with Gasteiger partial charge < -0.3 is 10.6 Å². The standard InChI is InChI=1S/C25H29N4PS3/c1-32-28-23(20-12-6-3-7-13-20)24(21-14-8-4-9-15-21)29(33-2)30(28)19-18-26-25(31)27-22-16-10-5-11-17-22/h3-17,23-24H,18-19H2,1-2H3,(H2,26,27,31)/t23-,24-/m1/s1. The van der Waals surface area contributed by atoms with E-state index in [2.05, 4.69) is 92.0 Å². The van der Waals surface area contributed by atoms with Crippen LogP contribution in [0.25, 0.3) is 0 Å². The highest BCUT2D eigenvalue weighted by Gasteiger charge is 2.48. The van der Waals surface area contributed by atoms with E-state index < -0.39 is 8.22 Å². The van der Waals surface area contributed by atoms with Gasteiger partial charge in [0.1, 0.15) is 0 Å². The average molecular weight is 513 g/mol. The summed E-state index contributed by atoms with van der Waals surface area (Å²) in [4.78, 5) is 0. The second kappa shape index (κ2) is 12.2. The molecule has 0 bridgehead atoms. The minimum Gasteiger partial charge on any atom is -0.362 e. The van der Waals surface area contributed by atoms with E-state index in [4.69, 9.17) is 12.2 Å². The normalized spacial score (nSPS) is 19.5. The SMILES string of the molecule is CSN1[C@H](c2ccccc2)[C@@H](c2ccccc2)N(SC)P1CCNC(=S)Nc1ccccc1. The van der Waals surface area contributed by atoms with Crippen LogP contribution in [-0.4, -0.2) is 38.5 Å². The molecule has 1 heterocycles. The van der Waals surface area contributed by atoms with Crippen molar-refractivity contribution in [2.45, 2.75) is 12.1 Å². The van der Waals surface area contributed by atoms with E-state index in [1.54, 1.807) is 0 Å². The third kappa shape index (κ3) is 5.91. The lowest BCUT2D eigenvalue weighted by Crippen LogP contribution is -2.31. The third-order valence-corrected chi connectivity index (χ3v) is 11.1. The number of nitrogens with zero attached hydrogens (tertiary/aromatic N) is 2. The topological polar surface area (TPSA) is 30.5 Å². The summed E-state index contributed by atoms with van der Waals surface area (Å²) in [6, 6.07) is 32.5. The molecule has 3 aromatic carbocycles. The summed E-state index contributed by atoms with van der Waals surface area (Å²) >= 11 is 9.25. The first-order chi connectivity index (χ1) is 16.2. The molecule has 0 spiro atoms. The molecular weight excluding hydrogens is 483 g/mol. The Morgan fingerprint density at radius 1 is 0.788 bits per heavy atom. The smallest absolute Gasteiger partial charge is 0.170 e. The Kier molecular flexibility index (Phi) is 9.07. The number of rotatable bonds is 8. The summed E-state index contributed by atoms with van der Waals surface area (Å²) < 4.78 is 5.24. The Labute approximate surface area is 212 Å². The van der Waals surface area contributed by atoms with Crippen molar-refractivity contribution in [3.05, 3.63) is 102 Å². The Balaban J connectivity index is 1.53. The van der Waals surface area contributed by atoms with Crippen molar-refractivity contribution in [1.82, 2.24) is 13.5 Å². The molecule has 3 aromatic rings. The molecule has 1 fully saturated rings. The van der Waals surface area contributed by atoms with Crippen LogP contribution in [0.5, 0.6) is 0 Å². The van der Waals surface area contributed by atoms with Gasteiger partial charge in [0.05, 0.1) is 20.3 Å². The molecule has 2 atom stereocenters. The molecule has 0 aliphatic carbocycles. The van der Waals surface area contributed by atoms with Gasteiger partial charge in [-0.2, -0.15) is 0 Å². The Morgan fingerprint density at radius 2 is 1.24 bits per heavy atom. The van der Waals surface area contributed by atoms with Crippen LogP contribution in [0.4, 0.5) is 5.69 Å². The summed E-state index contributed by atoms with van der Waals surface area (Å²) in [7, 11) is -0.545. The second-order valence-electron chi connectivity index (χ2n) is 7.52. The van der Waals surface area contributed by atoms with Crippen LogP contribution in [0.15, 0.2) is 91.0 Å². The first-order valence-electron chi connectivity index (χ1n) is 10.9. The number of nitrogens with one attached hydrogen (secondary N) is 2. The average Bonchev–Trinajstić information content (AvgIpc) is 3.19. The number of hydrogen-bond acceptors (Lipinski definition) is 5. The lowest BCUT2D eigenvalue weighted by Gasteiger charge is -2.29. The quantitative estimate of drug-likeness (QED) is 0.192. The number of hydrogen-bond donors (Lipinski definition) is 2. The van der Waals surface area contributed by atoms with Crippen LogP contribution in [0.3, 0.4) is 0 Å². The van der Waals surface area contributed by atoms with E-state index in [9.17, 15) is 0 Å². The van der Waals surface area contributed by atoms with Crippen LogP contribution in [0.2, 0.25) is 0 Å². The van der Waals surface area contributed by atoms with Gasteiger partial charge in [-0.05, 0) is 48.0 Å². The predicted molar refractivity (Wildman–Crippen MR) is 152 cm³/mol. The van der Waals surface area contributed by atoms with Crippen molar-refractivity contribution in [2.75, 3.05) is 30.5 Å². The summed E-state index contributed by atoms with van der Waals surface area (Å²) in [5.41, 5.74) is 3.73. The fraction of sp³-hybridized carbons (Fsp3) is 0.240. The first kappa shape index (κ1) is 24.5. The van der Waals surface area contributed by atoms with Gasteiger partial charge in [0.25, 0.3) is 0 Å². The van der Waals surface area contributed by atoms with Crippen molar-refractivity contribution in [3.8, 4) is 0 Å². The zero-order valence-corrected chi connectivity index (χ0v) is 22.1. The number of para-hydroxylation sites is 1. The first-order valence-corrected chi connectivity index (χ1v) is 15.1. The largest absolute Gasteiger partial charge is 0.362 e. The highest BCUT2D eigenvalue weighted by atomic mass is 32.2. The Bertz CT molecular complexity index is 956. The monoisotopic (exact) mass is 512 g/mol. The maximum absolute atomic E-state index is 5.54. The lowest BCUT2D eigenvalue weighted by atomic mass is 9.95. The molecule has 2 N–H and O–H groups in total. The molecule has 0 unspecified atom stereocenters. The van der Waals surface area contributed by atoms with Gasteiger partial charge >= 0.3 is 0 Å². The summed E-state index contributed by atoms with van der Waals surface area (Å²) in [6.07, 6.45) is 5.42. The third-order valence-electron chi connectivity index (χ3n) is 5.52. The van der Waals surface area contributed by atoms with Crippen LogP contribution >= 0.6 is 44.3 Å². The molecule has 0 radical (unpaired) electrons. The Morgan fingerprint density at radius 3 is 1.70 bits per heavy atom. The van der Waals surface area contributed by atoms with Gasteiger partial charge in [-0.15, -0.1) is 0 Å².